The highest BCUT2D eigenvalue weighted by Gasteiger charge is 2.61. The van der Waals surface area contributed by atoms with Crippen molar-refractivity contribution in [2.45, 2.75) is 24.4 Å². The second-order valence-electron chi connectivity index (χ2n) is 2.90. The van der Waals surface area contributed by atoms with Gasteiger partial charge in [0.1, 0.15) is 0 Å². The zero-order valence-electron chi connectivity index (χ0n) is 8.58. The highest BCUT2D eigenvalue weighted by molar-refractivity contribution is 8.04. The van der Waals surface area contributed by atoms with E-state index in [0.717, 1.165) is 6.92 Å². The van der Waals surface area contributed by atoms with Crippen LogP contribution in [0.15, 0.2) is 0 Å². The van der Waals surface area contributed by atoms with Crippen LogP contribution in [0.3, 0.4) is 0 Å². The van der Waals surface area contributed by atoms with Crippen LogP contribution in [-0.2, 0) is 20.0 Å². The zero-order chi connectivity index (χ0) is 15.0. The molecular formula is C5H7F6NO4S2. The third kappa shape index (κ3) is 3.06. The molecule has 0 N–H and O–H groups in total. The van der Waals surface area contributed by atoms with E-state index in [1.54, 1.807) is 0 Å². The molecule has 0 aromatic carbocycles. The first-order chi connectivity index (χ1) is 7.69. The van der Waals surface area contributed by atoms with E-state index in [1.807, 2.05) is 0 Å². The van der Waals surface area contributed by atoms with E-state index >= 15 is 0 Å². The number of nitrogens with zero attached hydrogens (tertiary/aromatic N) is 1. The lowest BCUT2D eigenvalue weighted by atomic mass is 10.5. The monoisotopic (exact) mass is 323 g/mol. The smallest absolute Gasteiger partial charge is 0.202 e. The van der Waals surface area contributed by atoms with Gasteiger partial charge in [-0.2, -0.15) is 26.3 Å². The largest absolute Gasteiger partial charge is 0.512 e. The summed E-state index contributed by atoms with van der Waals surface area (Å²) < 4.78 is 114. The minimum Gasteiger partial charge on any atom is -0.202 e. The Kier molecular flexibility index (Phi) is 4.69. The number of alkyl halides is 6. The molecule has 18 heavy (non-hydrogen) atoms. The highest BCUT2D eigenvalue weighted by atomic mass is 32.3. The van der Waals surface area contributed by atoms with Crippen LogP contribution in [0.4, 0.5) is 26.3 Å². The predicted octanol–water partition coefficient (Wildman–Crippen LogP) is 1.40. The standard InChI is InChI=1S/C5H7F6NO4S2/c1-2-3-12(17(13,14)4(6,7)8)18(15,16)5(9,10)11/h2-3H2,1H3. The second kappa shape index (κ2) is 4.85. The molecule has 110 valence electrons. The molecule has 0 aromatic heterocycles. The molecule has 0 spiro atoms. The summed E-state index contributed by atoms with van der Waals surface area (Å²) in [6.45, 7) is -0.436. The maximum absolute atomic E-state index is 12.1. The molecule has 13 heteroatoms. The van der Waals surface area contributed by atoms with Crippen LogP contribution in [0.1, 0.15) is 13.3 Å². The van der Waals surface area contributed by atoms with Gasteiger partial charge in [0.2, 0.25) is 0 Å². The molecule has 0 unspecified atom stereocenters. The van der Waals surface area contributed by atoms with Crippen molar-refractivity contribution in [3.05, 3.63) is 0 Å². The van der Waals surface area contributed by atoms with Crippen LogP contribution in [0.2, 0.25) is 0 Å². The third-order valence-electron chi connectivity index (χ3n) is 1.53. The first kappa shape index (κ1) is 17.4. The lowest BCUT2D eigenvalue weighted by molar-refractivity contribution is -0.0530. The van der Waals surface area contributed by atoms with Crippen LogP contribution in [-0.4, -0.2) is 38.1 Å². The predicted molar refractivity (Wildman–Crippen MR) is 46.9 cm³/mol. The summed E-state index contributed by atoms with van der Waals surface area (Å²) in [5, 5.41) is 0. The van der Waals surface area contributed by atoms with Gasteiger partial charge in [-0.3, -0.25) is 0 Å². The summed E-state index contributed by atoms with van der Waals surface area (Å²) in [6.07, 6.45) is -0.551. The number of hydrogen-bond donors (Lipinski definition) is 0. The van der Waals surface area contributed by atoms with Crippen molar-refractivity contribution in [3.63, 3.8) is 0 Å². The van der Waals surface area contributed by atoms with E-state index in [1.165, 1.54) is 0 Å². The first-order valence-corrected chi connectivity index (χ1v) is 6.98. The van der Waals surface area contributed by atoms with E-state index in [0.29, 0.717) is 0 Å². The normalized spacial score (nSPS) is 15.1. The molecule has 0 saturated carbocycles. The highest BCUT2D eigenvalue weighted by Crippen LogP contribution is 2.34. The van der Waals surface area contributed by atoms with Crippen molar-refractivity contribution in [2.75, 3.05) is 6.54 Å². The van der Waals surface area contributed by atoms with Gasteiger partial charge in [0, 0.05) is 6.54 Å². The Labute approximate surface area is 98.5 Å². The van der Waals surface area contributed by atoms with Crippen molar-refractivity contribution in [1.82, 2.24) is 3.71 Å². The Morgan fingerprint density at radius 3 is 1.28 bits per heavy atom. The summed E-state index contributed by atoms with van der Waals surface area (Å²) in [7, 11) is -13.2. The van der Waals surface area contributed by atoms with Gasteiger partial charge in [-0.1, -0.05) is 10.6 Å². The summed E-state index contributed by atoms with van der Waals surface area (Å²) in [5.74, 6) is 0. The number of rotatable bonds is 4. The van der Waals surface area contributed by atoms with Crippen LogP contribution >= 0.6 is 0 Å². The topological polar surface area (TPSA) is 71.5 Å². The van der Waals surface area contributed by atoms with Crippen molar-refractivity contribution in [1.29, 1.82) is 0 Å². The maximum atomic E-state index is 12.1. The van der Waals surface area contributed by atoms with Gasteiger partial charge in [0.25, 0.3) is 0 Å². The number of sulfonamides is 2. The molecule has 0 fully saturated rings. The Morgan fingerprint density at radius 2 is 1.11 bits per heavy atom. The molecule has 0 rings (SSSR count). The molecule has 0 heterocycles. The van der Waals surface area contributed by atoms with E-state index in [4.69, 9.17) is 0 Å². The first-order valence-electron chi connectivity index (χ1n) is 4.10. The van der Waals surface area contributed by atoms with Gasteiger partial charge in [0.05, 0.1) is 0 Å². The van der Waals surface area contributed by atoms with Gasteiger partial charge >= 0.3 is 31.1 Å². The number of halogens is 6. The van der Waals surface area contributed by atoms with E-state index in [-0.39, 0.29) is 0 Å². The van der Waals surface area contributed by atoms with Gasteiger partial charge in [-0.15, -0.1) is 0 Å². The fourth-order valence-corrected chi connectivity index (χ4v) is 3.63. The molecule has 0 amide bonds. The molecule has 0 aliphatic heterocycles. The Balaban J connectivity index is 5.95. The van der Waals surface area contributed by atoms with Crippen molar-refractivity contribution in [2.24, 2.45) is 0 Å². The fraction of sp³-hybridized carbons (Fsp3) is 1.00. The average molecular weight is 323 g/mol. The fourth-order valence-electron chi connectivity index (χ4n) is 0.783. The maximum Gasteiger partial charge on any atom is 0.512 e. The quantitative estimate of drug-likeness (QED) is 0.733. The minimum absolute atomic E-state index is 0.551. The van der Waals surface area contributed by atoms with Crippen LogP contribution in [0.5, 0.6) is 0 Å². The molecule has 5 nitrogen and oxygen atoms in total. The minimum atomic E-state index is -6.62. The Morgan fingerprint density at radius 1 is 0.833 bits per heavy atom. The van der Waals surface area contributed by atoms with Gasteiger partial charge in [-0.25, -0.2) is 16.8 Å². The summed E-state index contributed by atoms with van der Waals surface area (Å²) >= 11 is 0. The van der Waals surface area contributed by atoms with Gasteiger partial charge < -0.3 is 0 Å². The summed E-state index contributed by atoms with van der Waals surface area (Å²) in [4.78, 5) is 0. The van der Waals surface area contributed by atoms with Crippen LogP contribution < -0.4 is 0 Å². The lowest BCUT2D eigenvalue weighted by Gasteiger charge is -2.23. The Hall–Kier alpha value is -0.560. The van der Waals surface area contributed by atoms with E-state index in [9.17, 15) is 43.2 Å². The van der Waals surface area contributed by atoms with Crippen LogP contribution in [0.25, 0.3) is 0 Å². The van der Waals surface area contributed by atoms with Gasteiger partial charge in [0.15, 0.2) is 0 Å². The molecule has 0 atom stereocenters. The summed E-state index contributed by atoms with van der Waals surface area (Å²) in [5.41, 5.74) is -12.3. The molecule has 0 aliphatic rings. The zero-order valence-corrected chi connectivity index (χ0v) is 10.2. The van der Waals surface area contributed by atoms with E-state index < -0.39 is 47.7 Å². The van der Waals surface area contributed by atoms with Gasteiger partial charge in [-0.05, 0) is 6.42 Å². The molecule has 0 bridgehead atoms. The second-order valence-corrected chi connectivity index (χ2v) is 6.84. The molecule has 0 aliphatic carbocycles. The van der Waals surface area contributed by atoms with Crippen molar-refractivity contribution >= 4 is 20.0 Å². The van der Waals surface area contributed by atoms with E-state index in [2.05, 4.69) is 0 Å². The van der Waals surface area contributed by atoms with Crippen molar-refractivity contribution in [3.8, 4) is 0 Å². The Bertz CT molecular complexity index is 445. The summed E-state index contributed by atoms with van der Waals surface area (Å²) in [6, 6.07) is 0. The molecular weight excluding hydrogens is 316 g/mol. The number of hydrogen-bond acceptors (Lipinski definition) is 4. The molecule has 0 aromatic rings. The lowest BCUT2D eigenvalue weighted by Crippen LogP contribution is -2.49. The average Bonchev–Trinajstić information content (AvgIpc) is 2.09. The SMILES string of the molecule is CCCN(S(=O)(=O)C(F)(F)F)S(=O)(=O)C(F)(F)F. The van der Waals surface area contributed by atoms with Crippen molar-refractivity contribution < 1.29 is 43.2 Å². The molecule has 0 radical (unpaired) electrons. The molecule has 0 saturated heterocycles. The third-order valence-corrected chi connectivity index (χ3v) is 5.31. The van der Waals surface area contributed by atoms with Crippen LogP contribution in [0, 0.1) is 0 Å².